The monoisotopic (exact) mass is 319 g/mol. The first-order valence-electron chi connectivity index (χ1n) is 6.47. The van der Waals surface area contributed by atoms with Crippen LogP contribution in [0.2, 0.25) is 10.0 Å². The Morgan fingerprint density at radius 3 is 2.62 bits per heavy atom. The average Bonchev–Trinajstić information content (AvgIpc) is 2.43. The number of amides is 1. The van der Waals surface area contributed by atoms with Gasteiger partial charge in [0.15, 0.2) is 0 Å². The van der Waals surface area contributed by atoms with Crippen LogP contribution in [-0.4, -0.2) is 5.91 Å². The molecule has 0 saturated heterocycles. The molecule has 1 N–H and O–H groups in total. The van der Waals surface area contributed by atoms with Gasteiger partial charge >= 0.3 is 0 Å². The molecule has 21 heavy (non-hydrogen) atoms. The van der Waals surface area contributed by atoms with Crippen LogP contribution in [0.15, 0.2) is 42.5 Å². The van der Waals surface area contributed by atoms with Crippen molar-refractivity contribution in [3.05, 3.63) is 69.2 Å². The lowest BCUT2D eigenvalue weighted by Gasteiger charge is -2.08. The molecule has 1 amide bonds. The fourth-order valence-electron chi connectivity index (χ4n) is 1.86. The Balaban J connectivity index is 2.11. The zero-order valence-corrected chi connectivity index (χ0v) is 13.3. The summed E-state index contributed by atoms with van der Waals surface area (Å²) in [6.07, 6.45) is 3.12. The van der Waals surface area contributed by atoms with Crippen LogP contribution < -0.4 is 5.32 Å². The highest BCUT2D eigenvalue weighted by Crippen LogP contribution is 2.22. The summed E-state index contributed by atoms with van der Waals surface area (Å²) in [6, 6.07) is 10.9. The molecule has 2 nitrogen and oxygen atoms in total. The summed E-state index contributed by atoms with van der Waals surface area (Å²) in [7, 11) is 0. The Morgan fingerprint density at radius 2 is 1.90 bits per heavy atom. The zero-order chi connectivity index (χ0) is 15.4. The Bertz CT molecular complexity index is 708. The second-order valence-electron chi connectivity index (χ2n) is 4.74. The Morgan fingerprint density at radius 1 is 1.14 bits per heavy atom. The van der Waals surface area contributed by atoms with E-state index < -0.39 is 0 Å². The smallest absolute Gasteiger partial charge is 0.248 e. The van der Waals surface area contributed by atoms with Crippen molar-refractivity contribution in [2.24, 2.45) is 0 Å². The third-order valence-corrected chi connectivity index (χ3v) is 3.80. The van der Waals surface area contributed by atoms with Gasteiger partial charge in [0.05, 0.1) is 0 Å². The lowest BCUT2D eigenvalue weighted by molar-refractivity contribution is -0.111. The molecule has 0 aromatic heterocycles. The first-order chi connectivity index (χ1) is 9.97. The first-order valence-corrected chi connectivity index (χ1v) is 7.23. The van der Waals surface area contributed by atoms with Gasteiger partial charge in [0.2, 0.25) is 5.91 Å². The fraction of sp³-hybridized carbons (Fsp3) is 0.118. The number of hydrogen-bond donors (Lipinski definition) is 1. The summed E-state index contributed by atoms with van der Waals surface area (Å²) < 4.78 is 0. The second kappa shape index (κ2) is 6.79. The van der Waals surface area contributed by atoms with Crippen molar-refractivity contribution in [3.8, 4) is 0 Å². The number of hydrogen-bond acceptors (Lipinski definition) is 1. The molecule has 0 aliphatic rings. The summed E-state index contributed by atoms with van der Waals surface area (Å²) in [6.45, 7) is 3.99. The van der Waals surface area contributed by atoms with E-state index in [4.69, 9.17) is 23.2 Å². The normalized spacial score (nSPS) is 10.9. The SMILES string of the molecule is Cc1cccc(NC(=O)/C=C/c2ccc(Cl)cc2Cl)c1C. The minimum absolute atomic E-state index is 0.199. The maximum atomic E-state index is 12.0. The minimum atomic E-state index is -0.199. The van der Waals surface area contributed by atoms with Gasteiger partial charge in [0.1, 0.15) is 0 Å². The van der Waals surface area contributed by atoms with Gasteiger partial charge in [0, 0.05) is 21.8 Å². The third-order valence-electron chi connectivity index (χ3n) is 3.24. The number of halogens is 2. The van der Waals surface area contributed by atoms with Crippen LogP contribution in [0, 0.1) is 13.8 Å². The van der Waals surface area contributed by atoms with Crippen LogP contribution in [0.25, 0.3) is 6.08 Å². The third kappa shape index (κ3) is 4.10. The summed E-state index contributed by atoms with van der Waals surface area (Å²) in [5.74, 6) is -0.199. The molecule has 0 fully saturated rings. The summed E-state index contributed by atoms with van der Waals surface area (Å²) >= 11 is 11.9. The highest BCUT2D eigenvalue weighted by atomic mass is 35.5. The van der Waals surface area contributed by atoms with Crippen LogP contribution in [0.3, 0.4) is 0 Å². The minimum Gasteiger partial charge on any atom is -0.322 e. The molecule has 0 aliphatic heterocycles. The summed E-state index contributed by atoms with van der Waals surface area (Å²) in [5, 5.41) is 3.94. The molecule has 0 spiro atoms. The van der Waals surface area contributed by atoms with Crippen LogP contribution in [0.1, 0.15) is 16.7 Å². The van der Waals surface area contributed by atoms with Crippen LogP contribution in [-0.2, 0) is 4.79 Å². The summed E-state index contributed by atoms with van der Waals surface area (Å²) in [5.41, 5.74) is 3.75. The molecule has 2 aromatic carbocycles. The predicted octanol–water partition coefficient (Wildman–Crippen LogP) is 5.26. The van der Waals surface area contributed by atoms with Crippen molar-refractivity contribution >= 4 is 40.9 Å². The summed E-state index contributed by atoms with van der Waals surface area (Å²) in [4.78, 5) is 12.0. The van der Waals surface area contributed by atoms with Gasteiger partial charge in [-0.15, -0.1) is 0 Å². The Labute approximate surface area is 134 Å². The largest absolute Gasteiger partial charge is 0.322 e. The van der Waals surface area contributed by atoms with Gasteiger partial charge < -0.3 is 5.32 Å². The van der Waals surface area contributed by atoms with E-state index in [0.29, 0.717) is 10.0 Å². The number of carbonyl (C=O) groups is 1. The average molecular weight is 320 g/mol. The van der Waals surface area contributed by atoms with Gasteiger partial charge in [-0.3, -0.25) is 4.79 Å². The van der Waals surface area contributed by atoms with E-state index in [2.05, 4.69) is 5.32 Å². The van der Waals surface area contributed by atoms with E-state index in [1.165, 1.54) is 6.08 Å². The fourth-order valence-corrected chi connectivity index (χ4v) is 2.33. The molecule has 4 heteroatoms. The highest BCUT2D eigenvalue weighted by molar-refractivity contribution is 6.35. The molecule has 108 valence electrons. The maximum Gasteiger partial charge on any atom is 0.248 e. The molecular weight excluding hydrogens is 305 g/mol. The van der Waals surface area contributed by atoms with E-state index in [1.54, 1.807) is 24.3 Å². The maximum absolute atomic E-state index is 12.0. The number of nitrogens with one attached hydrogen (secondary N) is 1. The Hall–Kier alpha value is -1.77. The first kappa shape index (κ1) is 15.6. The number of carbonyl (C=O) groups excluding carboxylic acids is 1. The van der Waals surface area contributed by atoms with Crippen molar-refractivity contribution in [3.63, 3.8) is 0 Å². The van der Waals surface area contributed by atoms with Crippen LogP contribution in [0.4, 0.5) is 5.69 Å². The second-order valence-corrected chi connectivity index (χ2v) is 5.58. The van der Waals surface area contributed by atoms with E-state index >= 15 is 0 Å². The molecule has 0 radical (unpaired) electrons. The van der Waals surface area contributed by atoms with Crippen LogP contribution in [0.5, 0.6) is 0 Å². The highest BCUT2D eigenvalue weighted by Gasteiger charge is 2.04. The van der Waals surface area contributed by atoms with Crippen molar-refractivity contribution in [2.75, 3.05) is 5.32 Å². The van der Waals surface area contributed by atoms with Crippen molar-refractivity contribution < 1.29 is 4.79 Å². The number of aryl methyl sites for hydroxylation is 1. The molecule has 0 atom stereocenters. The molecule has 0 bridgehead atoms. The van der Waals surface area contributed by atoms with Gasteiger partial charge in [-0.2, -0.15) is 0 Å². The number of rotatable bonds is 3. The lowest BCUT2D eigenvalue weighted by Crippen LogP contribution is -2.09. The van der Waals surface area contributed by atoms with E-state index in [0.717, 1.165) is 22.4 Å². The van der Waals surface area contributed by atoms with E-state index in [1.807, 2.05) is 32.0 Å². The molecule has 2 aromatic rings. The molecule has 0 saturated carbocycles. The predicted molar refractivity (Wildman–Crippen MR) is 90.0 cm³/mol. The molecule has 2 rings (SSSR count). The van der Waals surface area contributed by atoms with E-state index in [-0.39, 0.29) is 5.91 Å². The standard InChI is InChI=1S/C17H15Cl2NO/c1-11-4-3-5-16(12(11)2)20-17(21)9-7-13-6-8-14(18)10-15(13)19/h3-10H,1-2H3,(H,20,21)/b9-7+. The van der Waals surface area contributed by atoms with Gasteiger partial charge in [-0.05, 0) is 54.8 Å². The van der Waals surface area contributed by atoms with Crippen molar-refractivity contribution in [1.29, 1.82) is 0 Å². The molecule has 0 heterocycles. The topological polar surface area (TPSA) is 29.1 Å². The van der Waals surface area contributed by atoms with Gasteiger partial charge in [0.25, 0.3) is 0 Å². The number of anilines is 1. The zero-order valence-electron chi connectivity index (χ0n) is 11.8. The van der Waals surface area contributed by atoms with Gasteiger partial charge in [-0.25, -0.2) is 0 Å². The van der Waals surface area contributed by atoms with Crippen molar-refractivity contribution in [2.45, 2.75) is 13.8 Å². The molecule has 0 aliphatic carbocycles. The Kier molecular flexibility index (Phi) is 5.05. The molecular formula is C17H15Cl2NO. The lowest BCUT2D eigenvalue weighted by atomic mass is 10.1. The van der Waals surface area contributed by atoms with Gasteiger partial charge in [-0.1, -0.05) is 41.4 Å². The van der Waals surface area contributed by atoms with E-state index in [9.17, 15) is 4.79 Å². The molecule has 0 unspecified atom stereocenters. The quantitative estimate of drug-likeness (QED) is 0.768. The van der Waals surface area contributed by atoms with Crippen molar-refractivity contribution in [1.82, 2.24) is 0 Å². The number of benzene rings is 2. The van der Waals surface area contributed by atoms with Crippen LogP contribution >= 0.6 is 23.2 Å².